The van der Waals surface area contributed by atoms with Crippen molar-refractivity contribution in [3.63, 3.8) is 0 Å². The van der Waals surface area contributed by atoms with Crippen molar-refractivity contribution in [2.75, 3.05) is 26.8 Å². The Labute approximate surface area is 166 Å². The Morgan fingerprint density at radius 1 is 1.25 bits per heavy atom. The molecule has 1 saturated carbocycles. The van der Waals surface area contributed by atoms with Crippen LogP contribution in [0.25, 0.3) is 0 Å². The van der Waals surface area contributed by atoms with E-state index in [1.807, 2.05) is 6.07 Å². The first-order valence-electron chi connectivity index (χ1n) is 10.3. The van der Waals surface area contributed by atoms with E-state index in [1.54, 1.807) is 0 Å². The van der Waals surface area contributed by atoms with Crippen LogP contribution in [0.1, 0.15) is 57.2 Å². The van der Waals surface area contributed by atoms with E-state index in [-0.39, 0.29) is 41.8 Å². The molecule has 0 bridgehead atoms. The van der Waals surface area contributed by atoms with Crippen LogP contribution in [0, 0.1) is 11.7 Å². The molecule has 0 N–H and O–H groups in total. The molecule has 1 aliphatic carbocycles. The predicted molar refractivity (Wildman–Crippen MR) is 103 cm³/mol. The summed E-state index contributed by atoms with van der Waals surface area (Å²) in [5, 5.41) is 0. The van der Waals surface area contributed by atoms with Gasteiger partial charge in [0.15, 0.2) is 17.3 Å². The maximum atomic E-state index is 15.3. The van der Waals surface area contributed by atoms with Gasteiger partial charge in [0.05, 0.1) is 25.4 Å². The molecule has 0 aromatic heterocycles. The van der Waals surface area contributed by atoms with E-state index in [0.717, 1.165) is 37.1 Å². The second-order valence-corrected chi connectivity index (χ2v) is 9.30. The molecule has 2 fully saturated rings. The molecule has 4 rings (SSSR count). The van der Waals surface area contributed by atoms with Crippen LogP contribution in [-0.2, 0) is 11.2 Å². The highest BCUT2D eigenvalue weighted by Gasteiger charge is 2.40. The molecule has 156 valence electrons. The number of nitrogens with zero attached hydrogens (tertiary/aromatic N) is 1. The van der Waals surface area contributed by atoms with Crippen molar-refractivity contribution >= 4 is 0 Å². The van der Waals surface area contributed by atoms with E-state index in [0.29, 0.717) is 18.6 Å². The molecule has 0 spiro atoms. The van der Waals surface area contributed by atoms with Crippen LogP contribution in [0.4, 0.5) is 8.78 Å². The molecule has 1 aromatic carbocycles. The standard InChI is InChI=1S/C22H31F2NO3/c1-22(2,3)28-14-5-6-18-16-10-19(26-4)21(27-12-13-9-17(13)23)20(24)15(16)7-8-25(18)11-14/h10,13-14,17-18H,5-9,11-12H2,1-4H3. The lowest BCUT2D eigenvalue weighted by Crippen LogP contribution is -2.47. The lowest BCUT2D eigenvalue weighted by molar-refractivity contribution is -0.0972. The number of hydrogen-bond acceptors (Lipinski definition) is 4. The van der Waals surface area contributed by atoms with Crippen LogP contribution < -0.4 is 9.47 Å². The second-order valence-electron chi connectivity index (χ2n) is 9.30. The van der Waals surface area contributed by atoms with Crippen LogP contribution in [0.5, 0.6) is 11.5 Å². The summed E-state index contributed by atoms with van der Waals surface area (Å²) < 4.78 is 45.7. The lowest BCUT2D eigenvalue weighted by Gasteiger charge is -2.45. The molecule has 6 heteroatoms. The first-order chi connectivity index (χ1) is 13.3. The zero-order valence-corrected chi connectivity index (χ0v) is 17.3. The molecule has 3 aliphatic rings. The number of fused-ring (bicyclic) bond motifs is 3. The third-order valence-corrected chi connectivity index (χ3v) is 5.99. The monoisotopic (exact) mass is 395 g/mol. The summed E-state index contributed by atoms with van der Waals surface area (Å²) in [6, 6.07) is 2.11. The van der Waals surface area contributed by atoms with Gasteiger partial charge in [0.1, 0.15) is 6.17 Å². The predicted octanol–water partition coefficient (Wildman–Crippen LogP) is 4.45. The first kappa shape index (κ1) is 19.9. The van der Waals surface area contributed by atoms with Crippen LogP contribution in [0.15, 0.2) is 6.07 Å². The Bertz CT molecular complexity index is 733. The van der Waals surface area contributed by atoms with Crippen LogP contribution in [0.2, 0.25) is 0 Å². The number of hydrogen-bond donors (Lipinski definition) is 0. The molecule has 2 heterocycles. The minimum absolute atomic E-state index is 0.117. The van der Waals surface area contributed by atoms with Crippen molar-refractivity contribution in [3.8, 4) is 11.5 Å². The molecule has 4 unspecified atom stereocenters. The maximum Gasteiger partial charge on any atom is 0.197 e. The van der Waals surface area contributed by atoms with E-state index in [9.17, 15) is 4.39 Å². The lowest BCUT2D eigenvalue weighted by atomic mass is 9.85. The van der Waals surface area contributed by atoms with Gasteiger partial charge in [-0.3, -0.25) is 4.90 Å². The fourth-order valence-corrected chi connectivity index (χ4v) is 4.53. The Morgan fingerprint density at radius 2 is 2.00 bits per heavy atom. The largest absolute Gasteiger partial charge is 0.493 e. The molecular formula is C22H31F2NO3. The summed E-state index contributed by atoms with van der Waals surface area (Å²) in [5.41, 5.74) is 1.56. The normalized spacial score (nSPS) is 29.8. The topological polar surface area (TPSA) is 30.9 Å². The molecule has 28 heavy (non-hydrogen) atoms. The average molecular weight is 395 g/mol. The summed E-state index contributed by atoms with van der Waals surface area (Å²) in [7, 11) is 1.53. The highest BCUT2D eigenvalue weighted by atomic mass is 19.1. The highest BCUT2D eigenvalue weighted by Crippen LogP contribution is 2.45. The van der Waals surface area contributed by atoms with Gasteiger partial charge in [0, 0.05) is 25.0 Å². The summed E-state index contributed by atoms with van der Waals surface area (Å²) >= 11 is 0. The van der Waals surface area contributed by atoms with Gasteiger partial charge in [-0.25, -0.2) is 8.78 Å². The smallest absolute Gasteiger partial charge is 0.197 e. The van der Waals surface area contributed by atoms with Gasteiger partial charge in [-0.2, -0.15) is 0 Å². The molecule has 4 atom stereocenters. The first-order valence-corrected chi connectivity index (χ1v) is 10.3. The van der Waals surface area contributed by atoms with Crippen molar-refractivity contribution in [2.24, 2.45) is 5.92 Å². The van der Waals surface area contributed by atoms with Crippen molar-refractivity contribution in [1.29, 1.82) is 0 Å². The van der Waals surface area contributed by atoms with E-state index < -0.39 is 6.17 Å². The number of benzene rings is 1. The summed E-state index contributed by atoms with van der Waals surface area (Å²) in [6.07, 6.45) is 2.42. The summed E-state index contributed by atoms with van der Waals surface area (Å²) in [4.78, 5) is 2.40. The molecule has 0 amide bonds. The Morgan fingerprint density at radius 3 is 2.64 bits per heavy atom. The van der Waals surface area contributed by atoms with Gasteiger partial charge >= 0.3 is 0 Å². The van der Waals surface area contributed by atoms with Gasteiger partial charge in [0.25, 0.3) is 0 Å². The van der Waals surface area contributed by atoms with E-state index in [4.69, 9.17) is 14.2 Å². The van der Waals surface area contributed by atoms with Gasteiger partial charge in [-0.15, -0.1) is 0 Å². The Balaban J connectivity index is 1.54. The van der Waals surface area contributed by atoms with Crippen LogP contribution in [0.3, 0.4) is 0 Å². The van der Waals surface area contributed by atoms with Crippen molar-refractivity contribution in [3.05, 3.63) is 23.0 Å². The van der Waals surface area contributed by atoms with Crippen molar-refractivity contribution in [2.45, 2.75) is 70.4 Å². The fraction of sp³-hybridized carbons (Fsp3) is 0.727. The zero-order valence-electron chi connectivity index (χ0n) is 17.3. The molecule has 4 nitrogen and oxygen atoms in total. The van der Waals surface area contributed by atoms with Gasteiger partial charge in [-0.1, -0.05) is 0 Å². The highest BCUT2D eigenvalue weighted by molar-refractivity contribution is 5.51. The van der Waals surface area contributed by atoms with Gasteiger partial charge < -0.3 is 14.2 Å². The van der Waals surface area contributed by atoms with E-state index in [1.165, 1.54) is 7.11 Å². The third-order valence-electron chi connectivity index (χ3n) is 5.99. The fourth-order valence-electron chi connectivity index (χ4n) is 4.53. The number of ether oxygens (including phenoxy) is 3. The van der Waals surface area contributed by atoms with Crippen molar-refractivity contribution in [1.82, 2.24) is 4.90 Å². The van der Waals surface area contributed by atoms with Gasteiger partial charge in [0.2, 0.25) is 0 Å². The minimum atomic E-state index is -0.814. The number of rotatable bonds is 5. The van der Waals surface area contributed by atoms with Gasteiger partial charge in [-0.05, 0) is 63.6 Å². The number of alkyl halides is 1. The Hall–Kier alpha value is -1.40. The number of methoxy groups -OCH3 is 1. The average Bonchev–Trinajstić information content (AvgIpc) is 3.34. The Kier molecular flexibility index (Phi) is 5.29. The molecular weight excluding hydrogens is 364 g/mol. The summed E-state index contributed by atoms with van der Waals surface area (Å²) in [5.74, 6) is 0.0904. The van der Waals surface area contributed by atoms with E-state index in [2.05, 4.69) is 25.7 Å². The summed E-state index contributed by atoms with van der Waals surface area (Å²) in [6.45, 7) is 8.12. The maximum absolute atomic E-state index is 15.3. The molecule has 0 radical (unpaired) electrons. The van der Waals surface area contributed by atoms with Crippen LogP contribution >= 0.6 is 0 Å². The third kappa shape index (κ3) is 3.99. The quantitative estimate of drug-likeness (QED) is 0.737. The van der Waals surface area contributed by atoms with E-state index >= 15 is 4.39 Å². The van der Waals surface area contributed by atoms with Crippen LogP contribution in [-0.4, -0.2) is 49.6 Å². The number of piperidine rings is 1. The molecule has 1 saturated heterocycles. The molecule has 1 aromatic rings. The SMILES string of the molecule is COc1cc2c(c(F)c1OCC1CC1F)CCN1CC(OC(C)(C)C)CCC21. The molecule has 2 aliphatic heterocycles. The zero-order chi connectivity index (χ0) is 20.1. The minimum Gasteiger partial charge on any atom is -0.493 e. The second kappa shape index (κ2) is 7.45. The van der Waals surface area contributed by atoms with Crippen molar-refractivity contribution < 1.29 is 23.0 Å². The number of halogens is 2.